The Hall–Kier alpha value is -1.44. The summed E-state index contributed by atoms with van der Waals surface area (Å²) in [6, 6.07) is 6.10. The first-order valence-electron chi connectivity index (χ1n) is 4.72. The fourth-order valence-electron chi connectivity index (χ4n) is 1.20. The second kappa shape index (κ2) is 5.05. The average molecular weight is 303 g/mol. The Balaban J connectivity index is 2.14. The van der Waals surface area contributed by atoms with E-state index in [1.165, 1.54) is 29.7 Å². The molecule has 2 rings (SSSR count). The Labute approximate surface area is 112 Å². The van der Waals surface area contributed by atoms with E-state index >= 15 is 0 Å². The van der Waals surface area contributed by atoms with Gasteiger partial charge in [0.15, 0.2) is 5.03 Å². The van der Waals surface area contributed by atoms with Crippen molar-refractivity contribution < 1.29 is 13.2 Å². The molecule has 0 saturated carbocycles. The summed E-state index contributed by atoms with van der Waals surface area (Å²) in [7, 11) is 1.28. The topological polar surface area (TPSA) is 76.1 Å². The molecule has 0 unspecified atom stereocenters. The van der Waals surface area contributed by atoms with Crippen LogP contribution in [0.4, 0.5) is 5.69 Å². The first-order chi connectivity index (χ1) is 8.47. The van der Waals surface area contributed by atoms with Crippen LogP contribution in [0.5, 0.6) is 0 Å². The molecule has 0 atom stereocenters. The van der Waals surface area contributed by atoms with Crippen molar-refractivity contribution in [3.63, 3.8) is 0 Å². The van der Waals surface area contributed by atoms with Gasteiger partial charge in [-0.3, -0.25) is 4.79 Å². The molecule has 0 radical (unpaired) electrons. The van der Waals surface area contributed by atoms with Gasteiger partial charge in [-0.05, 0) is 23.6 Å². The smallest absolute Gasteiger partial charge is 0.278 e. The van der Waals surface area contributed by atoms with Crippen LogP contribution in [-0.2, 0) is 9.05 Å². The number of rotatable bonds is 3. The van der Waals surface area contributed by atoms with Gasteiger partial charge in [0, 0.05) is 10.7 Å². The molecule has 0 fully saturated rings. The van der Waals surface area contributed by atoms with Gasteiger partial charge in [-0.1, -0.05) is 6.07 Å². The van der Waals surface area contributed by atoms with Gasteiger partial charge in [-0.25, -0.2) is 13.4 Å². The quantitative estimate of drug-likeness (QED) is 0.883. The maximum absolute atomic E-state index is 11.7. The summed E-state index contributed by atoms with van der Waals surface area (Å²) >= 11 is 1.31. The Morgan fingerprint density at radius 3 is 2.61 bits per heavy atom. The Morgan fingerprint density at radius 1 is 1.33 bits per heavy atom. The molecule has 0 bridgehead atoms. The van der Waals surface area contributed by atoms with E-state index in [2.05, 4.69) is 10.3 Å². The number of nitrogens with one attached hydrogen (secondary N) is 1. The van der Waals surface area contributed by atoms with Crippen molar-refractivity contribution in [3.05, 3.63) is 40.7 Å². The minimum absolute atomic E-state index is 0.252. The lowest BCUT2D eigenvalue weighted by Crippen LogP contribution is -2.10. The number of amides is 1. The number of carbonyl (C=O) groups excluding carboxylic acids is 1. The second-order valence-electron chi connectivity index (χ2n) is 3.25. The highest BCUT2D eigenvalue weighted by molar-refractivity contribution is 8.13. The maximum Gasteiger partial charge on any atom is 0.278 e. The molecule has 0 spiro atoms. The van der Waals surface area contributed by atoms with Gasteiger partial charge in [-0.15, -0.1) is 11.3 Å². The normalized spacial score (nSPS) is 11.2. The summed E-state index contributed by atoms with van der Waals surface area (Å²) in [6.45, 7) is 0. The molecular weight excluding hydrogens is 296 g/mol. The van der Waals surface area contributed by atoms with Crippen molar-refractivity contribution in [2.24, 2.45) is 0 Å². The first kappa shape index (κ1) is 13.0. The molecule has 5 nitrogen and oxygen atoms in total. The van der Waals surface area contributed by atoms with Gasteiger partial charge < -0.3 is 5.32 Å². The molecule has 2 heterocycles. The van der Waals surface area contributed by atoms with Crippen molar-refractivity contribution in [1.82, 2.24) is 4.98 Å². The van der Waals surface area contributed by atoms with E-state index in [0.29, 0.717) is 10.6 Å². The summed E-state index contributed by atoms with van der Waals surface area (Å²) in [6.07, 6.45) is 1.24. The van der Waals surface area contributed by atoms with Gasteiger partial charge in [0.1, 0.15) is 0 Å². The molecule has 1 N–H and O–H groups in total. The zero-order valence-electron chi connectivity index (χ0n) is 8.83. The van der Waals surface area contributed by atoms with E-state index in [4.69, 9.17) is 10.7 Å². The third kappa shape index (κ3) is 3.06. The minimum atomic E-state index is -3.84. The van der Waals surface area contributed by atoms with Crippen molar-refractivity contribution in [2.75, 3.05) is 5.32 Å². The van der Waals surface area contributed by atoms with Crippen molar-refractivity contribution in [3.8, 4) is 0 Å². The lowest BCUT2D eigenvalue weighted by molar-refractivity contribution is 0.103. The van der Waals surface area contributed by atoms with Gasteiger partial charge in [0.25, 0.3) is 15.0 Å². The molecule has 0 saturated heterocycles. The van der Waals surface area contributed by atoms with Crippen LogP contribution in [0.1, 0.15) is 9.67 Å². The van der Waals surface area contributed by atoms with Gasteiger partial charge in [0.05, 0.1) is 16.8 Å². The van der Waals surface area contributed by atoms with Crippen LogP contribution in [-0.4, -0.2) is 19.3 Å². The van der Waals surface area contributed by atoms with E-state index in [0.717, 1.165) is 0 Å². The lowest BCUT2D eigenvalue weighted by atomic mass is 10.4. The number of hydrogen-bond donors (Lipinski definition) is 1. The molecule has 2 aromatic heterocycles. The Morgan fingerprint density at radius 2 is 2.11 bits per heavy atom. The summed E-state index contributed by atoms with van der Waals surface area (Å²) in [5.74, 6) is -0.270. The average Bonchev–Trinajstić information content (AvgIpc) is 2.82. The highest BCUT2D eigenvalue weighted by atomic mass is 35.7. The highest BCUT2D eigenvalue weighted by Crippen LogP contribution is 2.16. The first-order valence-corrected chi connectivity index (χ1v) is 7.91. The van der Waals surface area contributed by atoms with Crippen LogP contribution < -0.4 is 5.32 Å². The lowest BCUT2D eigenvalue weighted by Gasteiger charge is -2.03. The SMILES string of the molecule is O=C(Nc1ccc(S(=O)(=O)Cl)nc1)c1cccs1. The van der Waals surface area contributed by atoms with E-state index in [9.17, 15) is 13.2 Å². The number of carbonyl (C=O) groups is 1. The van der Waals surface area contributed by atoms with Gasteiger partial charge in [-0.2, -0.15) is 0 Å². The number of hydrogen-bond acceptors (Lipinski definition) is 5. The van der Waals surface area contributed by atoms with Crippen LogP contribution in [0.3, 0.4) is 0 Å². The third-order valence-corrected chi connectivity index (χ3v) is 4.07. The van der Waals surface area contributed by atoms with Gasteiger partial charge in [0.2, 0.25) is 0 Å². The molecule has 8 heteroatoms. The minimum Gasteiger partial charge on any atom is -0.320 e. The van der Waals surface area contributed by atoms with Crippen LogP contribution in [0.25, 0.3) is 0 Å². The molecule has 94 valence electrons. The van der Waals surface area contributed by atoms with Crippen molar-refractivity contribution in [1.29, 1.82) is 0 Å². The summed E-state index contributed by atoms with van der Waals surface area (Å²) in [5, 5.41) is 4.13. The molecule has 0 aliphatic heterocycles. The summed E-state index contributed by atoms with van der Waals surface area (Å²) < 4.78 is 21.9. The number of aromatic nitrogens is 1. The van der Waals surface area contributed by atoms with Crippen LogP contribution >= 0.6 is 22.0 Å². The second-order valence-corrected chi connectivity index (χ2v) is 6.71. The predicted molar refractivity (Wildman–Crippen MR) is 69.5 cm³/mol. The molecule has 18 heavy (non-hydrogen) atoms. The van der Waals surface area contributed by atoms with E-state index < -0.39 is 9.05 Å². The standard InChI is InChI=1S/C10H7ClN2O3S2/c11-18(15,16)9-4-3-7(6-12-9)13-10(14)8-2-1-5-17-8/h1-6H,(H,13,14). The van der Waals surface area contributed by atoms with Gasteiger partial charge >= 0.3 is 0 Å². The van der Waals surface area contributed by atoms with Crippen LogP contribution in [0.2, 0.25) is 0 Å². The predicted octanol–water partition coefficient (Wildman–Crippen LogP) is 2.32. The van der Waals surface area contributed by atoms with E-state index in [-0.39, 0.29) is 10.9 Å². The van der Waals surface area contributed by atoms with E-state index in [1.807, 2.05) is 0 Å². The monoisotopic (exact) mass is 302 g/mol. The van der Waals surface area contributed by atoms with Crippen LogP contribution in [0, 0.1) is 0 Å². The highest BCUT2D eigenvalue weighted by Gasteiger charge is 2.12. The molecule has 0 aromatic carbocycles. The Kier molecular flexibility index (Phi) is 3.65. The zero-order chi connectivity index (χ0) is 13.2. The molecular formula is C10H7ClN2O3S2. The molecule has 0 aliphatic carbocycles. The molecule has 2 aromatic rings. The number of nitrogens with zero attached hydrogens (tertiary/aromatic N) is 1. The fourth-order valence-corrected chi connectivity index (χ4v) is 2.50. The largest absolute Gasteiger partial charge is 0.320 e. The van der Waals surface area contributed by atoms with Crippen LogP contribution in [0.15, 0.2) is 40.9 Å². The van der Waals surface area contributed by atoms with Crippen molar-refractivity contribution >= 4 is 42.7 Å². The number of halogens is 1. The molecule has 0 aliphatic rings. The summed E-state index contributed by atoms with van der Waals surface area (Å²) in [5.41, 5.74) is 0.400. The van der Waals surface area contributed by atoms with E-state index in [1.54, 1.807) is 17.5 Å². The molecule has 1 amide bonds. The fraction of sp³-hybridized carbons (Fsp3) is 0. The van der Waals surface area contributed by atoms with Crippen molar-refractivity contribution in [2.45, 2.75) is 5.03 Å². The Bertz CT molecular complexity index is 651. The number of anilines is 1. The zero-order valence-corrected chi connectivity index (χ0v) is 11.2. The summed E-state index contributed by atoms with van der Waals surface area (Å²) in [4.78, 5) is 15.9. The maximum atomic E-state index is 11.7. The number of pyridine rings is 1. The number of thiophene rings is 1. The third-order valence-electron chi connectivity index (χ3n) is 1.99.